The fourth-order valence-corrected chi connectivity index (χ4v) is 2.64. The van der Waals surface area contributed by atoms with E-state index >= 15 is 0 Å². The van der Waals surface area contributed by atoms with Gasteiger partial charge in [-0.3, -0.25) is 4.90 Å². The van der Waals surface area contributed by atoms with Gasteiger partial charge in [0.1, 0.15) is 0 Å². The Labute approximate surface area is 109 Å². The molecule has 0 aliphatic heterocycles. The summed E-state index contributed by atoms with van der Waals surface area (Å²) in [5.41, 5.74) is 0. The van der Waals surface area contributed by atoms with Crippen molar-refractivity contribution in [2.75, 3.05) is 18.4 Å². The van der Waals surface area contributed by atoms with Crippen LogP contribution in [0, 0.1) is 5.92 Å². The lowest BCUT2D eigenvalue weighted by Gasteiger charge is -2.31. The summed E-state index contributed by atoms with van der Waals surface area (Å²) < 4.78 is 0. The van der Waals surface area contributed by atoms with Crippen LogP contribution in [0.2, 0.25) is 0 Å². The molecular weight excluding hydrogens is 266 g/mol. The van der Waals surface area contributed by atoms with Crippen molar-refractivity contribution in [1.82, 2.24) is 4.90 Å². The van der Waals surface area contributed by atoms with Crippen LogP contribution in [0.1, 0.15) is 46.0 Å². The summed E-state index contributed by atoms with van der Waals surface area (Å²) in [6, 6.07) is 0.729. The minimum Gasteiger partial charge on any atom is -0.391 e. The molecule has 0 aromatic rings. The lowest BCUT2D eigenvalue weighted by atomic mass is 10.1. The fourth-order valence-electron chi connectivity index (χ4n) is 2.44. The molecule has 1 aliphatic rings. The van der Waals surface area contributed by atoms with Crippen molar-refractivity contribution in [2.24, 2.45) is 5.92 Å². The summed E-state index contributed by atoms with van der Waals surface area (Å²) in [6.45, 7) is 6.52. The first-order chi connectivity index (χ1) is 7.63. The van der Waals surface area contributed by atoms with Crippen LogP contribution in [-0.2, 0) is 0 Å². The molecule has 1 unspecified atom stereocenters. The first kappa shape index (κ1) is 14.5. The van der Waals surface area contributed by atoms with E-state index in [0.717, 1.165) is 25.0 Å². The Morgan fingerprint density at radius 3 is 2.44 bits per heavy atom. The van der Waals surface area contributed by atoms with E-state index < -0.39 is 0 Å². The van der Waals surface area contributed by atoms with Crippen LogP contribution in [-0.4, -0.2) is 40.6 Å². The summed E-state index contributed by atoms with van der Waals surface area (Å²) >= 11 is 3.36. The van der Waals surface area contributed by atoms with Crippen molar-refractivity contribution in [3.8, 4) is 0 Å². The van der Waals surface area contributed by atoms with Crippen LogP contribution in [0.3, 0.4) is 0 Å². The van der Waals surface area contributed by atoms with Gasteiger partial charge in [0.2, 0.25) is 0 Å². The average molecular weight is 292 g/mol. The standard InChI is InChI=1S/C13H26BrNO/c1-11(2)7-8-15(10-13(16)9-14)12-5-3-4-6-12/h11-13,16H,3-10H2,1-2H3. The van der Waals surface area contributed by atoms with Crippen LogP contribution < -0.4 is 0 Å². The Morgan fingerprint density at radius 1 is 1.31 bits per heavy atom. The molecule has 0 saturated heterocycles. The zero-order valence-corrected chi connectivity index (χ0v) is 12.2. The second-order valence-electron chi connectivity index (χ2n) is 5.42. The Morgan fingerprint density at radius 2 is 1.94 bits per heavy atom. The van der Waals surface area contributed by atoms with Crippen molar-refractivity contribution in [3.05, 3.63) is 0 Å². The molecule has 1 atom stereocenters. The summed E-state index contributed by atoms with van der Waals surface area (Å²) in [5, 5.41) is 10.5. The van der Waals surface area contributed by atoms with Crippen molar-refractivity contribution in [2.45, 2.75) is 58.1 Å². The molecule has 0 aromatic heterocycles. The molecule has 1 N–H and O–H groups in total. The SMILES string of the molecule is CC(C)CCN(CC(O)CBr)C1CCCC1. The van der Waals surface area contributed by atoms with Gasteiger partial charge in [-0.05, 0) is 31.7 Å². The number of aliphatic hydroxyl groups is 1. The smallest absolute Gasteiger partial charge is 0.0763 e. The number of rotatable bonds is 7. The second-order valence-corrected chi connectivity index (χ2v) is 6.07. The predicted molar refractivity (Wildman–Crippen MR) is 73.1 cm³/mol. The van der Waals surface area contributed by atoms with Gasteiger partial charge < -0.3 is 5.11 Å². The zero-order chi connectivity index (χ0) is 12.0. The van der Waals surface area contributed by atoms with Gasteiger partial charge >= 0.3 is 0 Å². The molecule has 0 radical (unpaired) electrons. The largest absolute Gasteiger partial charge is 0.391 e. The summed E-state index contributed by atoms with van der Waals surface area (Å²) in [5.74, 6) is 0.755. The molecule has 0 heterocycles. The van der Waals surface area contributed by atoms with Crippen molar-refractivity contribution in [3.63, 3.8) is 0 Å². The van der Waals surface area contributed by atoms with Gasteiger partial charge in [-0.25, -0.2) is 0 Å². The maximum atomic E-state index is 9.77. The van der Waals surface area contributed by atoms with Crippen LogP contribution in [0.5, 0.6) is 0 Å². The first-order valence-corrected chi connectivity index (χ1v) is 7.73. The topological polar surface area (TPSA) is 23.5 Å². The highest BCUT2D eigenvalue weighted by Gasteiger charge is 2.23. The lowest BCUT2D eigenvalue weighted by molar-refractivity contribution is 0.0985. The predicted octanol–water partition coefficient (Wildman–Crippen LogP) is 3.03. The molecule has 1 rings (SSSR count). The molecule has 1 aliphatic carbocycles. The van der Waals surface area contributed by atoms with Gasteiger partial charge in [0, 0.05) is 17.9 Å². The number of alkyl halides is 1. The molecule has 1 fully saturated rings. The lowest BCUT2D eigenvalue weighted by Crippen LogP contribution is -2.40. The van der Waals surface area contributed by atoms with E-state index in [4.69, 9.17) is 0 Å². The van der Waals surface area contributed by atoms with Crippen LogP contribution in [0.4, 0.5) is 0 Å². The number of aliphatic hydroxyl groups excluding tert-OH is 1. The molecule has 1 saturated carbocycles. The summed E-state index contributed by atoms with van der Waals surface area (Å²) in [7, 11) is 0. The van der Waals surface area contributed by atoms with E-state index in [-0.39, 0.29) is 6.10 Å². The third-order valence-electron chi connectivity index (χ3n) is 3.46. The monoisotopic (exact) mass is 291 g/mol. The van der Waals surface area contributed by atoms with Gasteiger partial charge in [-0.1, -0.05) is 42.6 Å². The highest BCUT2D eigenvalue weighted by atomic mass is 79.9. The van der Waals surface area contributed by atoms with Gasteiger partial charge in [0.25, 0.3) is 0 Å². The van der Waals surface area contributed by atoms with Crippen LogP contribution in [0.25, 0.3) is 0 Å². The van der Waals surface area contributed by atoms with Gasteiger partial charge in [0.05, 0.1) is 6.10 Å². The number of nitrogens with zero attached hydrogens (tertiary/aromatic N) is 1. The molecule has 2 nitrogen and oxygen atoms in total. The quantitative estimate of drug-likeness (QED) is 0.729. The van der Waals surface area contributed by atoms with Crippen LogP contribution in [0.15, 0.2) is 0 Å². The molecule has 96 valence electrons. The van der Waals surface area contributed by atoms with Gasteiger partial charge in [0.15, 0.2) is 0 Å². The van der Waals surface area contributed by atoms with Crippen molar-refractivity contribution >= 4 is 15.9 Å². The molecule has 0 bridgehead atoms. The van der Waals surface area contributed by atoms with Crippen molar-refractivity contribution < 1.29 is 5.11 Å². The second kappa shape index (κ2) is 7.67. The number of hydrogen-bond acceptors (Lipinski definition) is 2. The Balaban J connectivity index is 2.40. The normalized spacial score (nSPS) is 19.9. The Bertz CT molecular complexity index is 181. The molecule has 16 heavy (non-hydrogen) atoms. The maximum absolute atomic E-state index is 9.77. The average Bonchev–Trinajstić information content (AvgIpc) is 2.76. The van der Waals surface area contributed by atoms with Gasteiger partial charge in [-0.2, -0.15) is 0 Å². The van der Waals surface area contributed by atoms with E-state index in [9.17, 15) is 5.11 Å². The van der Waals surface area contributed by atoms with E-state index in [1.807, 2.05) is 0 Å². The third-order valence-corrected chi connectivity index (χ3v) is 4.21. The summed E-state index contributed by atoms with van der Waals surface area (Å²) in [4.78, 5) is 2.51. The zero-order valence-electron chi connectivity index (χ0n) is 10.7. The molecule has 3 heteroatoms. The third kappa shape index (κ3) is 5.15. The molecular formula is C13H26BrNO. The summed E-state index contributed by atoms with van der Waals surface area (Å²) in [6.07, 6.45) is 6.42. The number of hydrogen-bond donors (Lipinski definition) is 1. The van der Waals surface area contributed by atoms with E-state index in [1.165, 1.54) is 32.1 Å². The highest BCUT2D eigenvalue weighted by Crippen LogP contribution is 2.24. The Kier molecular flexibility index (Phi) is 6.94. The van der Waals surface area contributed by atoms with Crippen molar-refractivity contribution in [1.29, 1.82) is 0 Å². The van der Waals surface area contributed by atoms with E-state index in [0.29, 0.717) is 5.33 Å². The highest BCUT2D eigenvalue weighted by molar-refractivity contribution is 9.09. The minimum absolute atomic E-state index is 0.215. The maximum Gasteiger partial charge on any atom is 0.0763 e. The first-order valence-electron chi connectivity index (χ1n) is 6.61. The minimum atomic E-state index is -0.215. The van der Waals surface area contributed by atoms with Gasteiger partial charge in [-0.15, -0.1) is 0 Å². The van der Waals surface area contributed by atoms with Crippen LogP contribution >= 0.6 is 15.9 Å². The fraction of sp³-hybridized carbons (Fsp3) is 1.00. The number of halogens is 1. The van der Waals surface area contributed by atoms with E-state index in [1.54, 1.807) is 0 Å². The molecule has 0 spiro atoms. The Hall–Kier alpha value is 0.400. The molecule has 0 aromatic carbocycles. The van der Waals surface area contributed by atoms with E-state index in [2.05, 4.69) is 34.7 Å². The molecule has 0 amide bonds.